The van der Waals surface area contributed by atoms with Gasteiger partial charge in [0.25, 0.3) is 0 Å². The average Bonchev–Trinajstić information content (AvgIpc) is 1.94. The molecule has 50 valence electrons. The molecule has 0 unspecified atom stereocenters. The molecule has 0 saturated carbocycles. The predicted octanol–water partition coefficient (Wildman–Crippen LogP) is 2.42. The first-order valence-corrected chi connectivity index (χ1v) is 3.26. The Balaban J connectivity index is 0.000000291. The molecule has 1 aromatic rings. The van der Waals surface area contributed by atoms with Crippen molar-refractivity contribution >= 4 is 0 Å². The molecule has 0 bridgehead atoms. The Morgan fingerprint density at radius 3 is 1.78 bits per heavy atom. The topological polar surface area (TPSA) is 12.9 Å². The van der Waals surface area contributed by atoms with E-state index in [0.717, 1.165) is 0 Å². The van der Waals surface area contributed by atoms with Crippen LogP contribution in [0.2, 0.25) is 0 Å². The van der Waals surface area contributed by atoms with Crippen LogP contribution in [-0.4, -0.2) is 4.98 Å². The van der Waals surface area contributed by atoms with Crippen molar-refractivity contribution in [1.29, 1.82) is 0 Å². The van der Waals surface area contributed by atoms with Crippen LogP contribution in [0.1, 0.15) is 19.4 Å². The van der Waals surface area contributed by atoms with Gasteiger partial charge in [-0.15, -0.1) is 0 Å². The number of hydrogen-bond donors (Lipinski definition) is 0. The van der Waals surface area contributed by atoms with Crippen molar-refractivity contribution in [3.63, 3.8) is 0 Å². The molecular weight excluding hydrogens is 110 g/mol. The Bertz CT molecular complexity index is 134. The molecule has 0 aliphatic heterocycles. The Morgan fingerprint density at radius 2 is 1.56 bits per heavy atom. The Labute approximate surface area is 56.8 Å². The molecule has 0 amide bonds. The average molecular weight is 123 g/mol. The molecule has 0 saturated heterocycles. The monoisotopic (exact) mass is 123 g/mol. The van der Waals surface area contributed by atoms with E-state index in [9.17, 15) is 0 Å². The lowest BCUT2D eigenvalue weighted by atomic mass is 10.3. The van der Waals surface area contributed by atoms with Gasteiger partial charge in [0.2, 0.25) is 0 Å². The third-order valence-electron chi connectivity index (χ3n) is 0.847. The first-order chi connectivity index (χ1) is 4.39. The Morgan fingerprint density at radius 1 is 1.11 bits per heavy atom. The van der Waals surface area contributed by atoms with E-state index in [1.165, 1.54) is 5.56 Å². The van der Waals surface area contributed by atoms with Crippen LogP contribution in [-0.2, 0) is 0 Å². The lowest BCUT2D eigenvalue weighted by Crippen LogP contribution is -1.68. The summed E-state index contributed by atoms with van der Waals surface area (Å²) in [6.07, 6.45) is 3.57. The Hall–Kier alpha value is -0.850. The van der Waals surface area contributed by atoms with E-state index in [4.69, 9.17) is 0 Å². The number of aromatic nitrogens is 1. The fourth-order valence-electron chi connectivity index (χ4n) is 0.426. The minimum absolute atomic E-state index is 1.26. The molecule has 0 spiro atoms. The van der Waals surface area contributed by atoms with Gasteiger partial charge in [0.05, 0.1) is 0 Å². The lowest BCUT2D eigenvalue weighted by molar-refractivity contribution is 1.29. The molecular formula is C8H13N. The van der Waals surface area contributed by atoms with E-state index in [2.05, 4.69) is 4.98 Å². The van der Waals surface area contributed by atoms with E-state index in [0.29, 0.717) is 0 Å². The highest BCUT2D eigenvalue weighted by atomic mass is 14.6. The number of rotatable bonds is 0. The second-order valence-corrected chi connectivity index (χ2v) is 1.52. The van der Waals surface area contributed by atoms with Crippen LogP contribution in [0.4, 0.5) is 0 Å². The van der Waals surface area contributed by atoms with Crippen molar-refractivity contribution < 1.29 is 0 Å². The first kappa shape index (κ1) is 8.15. The number of pyridine rings is 1. The molecule has 9 heavy (non-hydrogen) atoms. The standard InChI is InChI=1S/C6H7N.C2H6/c1-6-2-4-7-5-3-6;1-2/h2-5H,1H3;1-2H3. The summed E-state index contributed by atoms with van der Waals surface area (Å²) in [5.74, 6) is 0. The SMILES string of the molecule is CC.Cc1ccncc1. The molecule has 0 atom stereocenters. The molecule has 1 heterocycles. The van der Waals surface area contributed by atoms with Crippen molar-refractivity contribution in [3.8, 4) is 0 Å². The zero-order chi connectivity index (χ0) is 7.11. The molecule has 0 aliphatic rings. The third-order valence-corrected chi connectivity index (χ3v) is 0.847. The van der Waals surface area contributed by atoms with Gasteiger partial charge in [-0.2, -0.15) is 0 Å². The third kappa shape index (κ3) is 3.71. The summed E-state index contributed by atoms with van der Waals surface area (Å²) in [6, 6.07) is 3.94. The van der Waals surface area contributed by atoms with Gasteiger partial charge in [0, 0.05) is 12.4 Å². The van der Waals surface area contributed by atoms with Gasteiger partial charge in [-0.05, 0) is 24.6 Å². The molecule has 1 rings (SSSR count). The van der Waals surface area contributed by atoms with Crippen LogP contribution >= 0.6 is 0 Å². The maximum Gasteiger partial charge on any atom is 0.0270 e. The number of hydrogen-bond acceptors (Lipinski definition) is 1. The van der Waals surface area contributed by atoms with E-state index in [-0.39, 0.29) is 0 Å². The molecule has 0 fully saturated rings. The van der Waals surface area contributed by atoms with E-state index >= 15 is 0 Å². The molecule has 0 aromatic carbocycles. The number of nitrogens with zero attached hydrogens (tertiary/aromatic N) is 1. The van der Waals surface area contributed by atoms with Crippen LogP contribution in [0.3, 0.4) is 0 Å². The second-order valence-electron chi connectivity index (χ2n) is 1.52. The van der Waals surface area contributed by atoms with Crippen LogP contribution in [0.25, 0.3) is 0 Å². The highest BCUT2D eigenvalue weighted by molar-refractivity contribution is 5.05. The quantitative estimate of drug-likeness (QED) is 0.516. The van der Waals surface area contributed by atoms with Gasteiger partial charge < -0.3 is 0 Å². The first-order valence-electron chi connectivity index (χ1n) is 3.26. The normalized spacial score (nSPS) is 7.44. The van der Waals surface area contributed by atoms with Crippen molar-refractivity contribution in [2.75, 3.05) is 0 Å². The largest absolute Gasteiger partial charge is 0.265 e. The van der Waals surface area contributed by atoms with Gasteiger partial charge in [-0.3, -0.25) is 4.98 Å². The highest BCUT2D eigenvalue weighted by Gasteiger charge is 1.72. The second kappa shape index (κ2) is 5.29. The maximum absolute atomic E-state index is 3.85. The van der Waals surface area contributed by atoms with Gasteiger partial charge in [0.1, 0.15) is 0 Å². The molecule has 1 nitrogen and oxygen atoms in total. The maximum atomic E-state index is 3.85. The van der Waals surface area contributed by atoms with Gasteiger partial charge >= 0.3 is 0 Å². The summed E-state index contributed by atoms with van der Waals surface area (Å²) in [7, 11) is 0. The van der Waals surface area contributed by atoms with Crippen molar-refractivity contribution in [2.24, 2.45) is 0 Å². The molecule has 0 N–H and O–H groups in total. The fraction of sp³-hybridized carbons (Fsp3) is 0.375. The summed E-state index contributed by atoms with van der Waals surface area (Å²) in [5.41, 5.74) is 1.26. The summed E-state index contributed by atoms with van der Waals surface area (Å²) in [5, 5.41) is 0. The number of aryl methyl sites for hydroxylation is 1. The summed E-state index contributed by atoms with van der Waals surface area (Å²) < 4.78 is 0. The summed E-state index contributed by atoms with van der Waals surface area (Å²) in [6.45, 7) is 6.04. The van der Waals surface area contributed by atoms with Gasteiger partial charge in [0.15, 0.2) is 0 Å². The highest BCUT2D eigenvalue weighted by Crippen LogP contribution is 1.88. The lowest BCUT2D eigenvalue weighted by Gasteiger charge is -1.82. The van der Waals surface area contributed by atoms with Crippen LogP contribution in [0.15, 0.2) is 24.5 Å². The molecule has 1 aromatic heterocycles. The van der Waals surface area contributed by atoms with E-state index in [1.807, 2.05) is 32.9 Å². The van der Waals surface area contributed by atoms with E-state index in [1.54, 1.807) is 12.4 Å². The smallest absolute Gasteiger partial charge is 0.0270 e. The van der Waals surface area contributed by atoms with Crippen molar-refractivity contribution in [3.05, 3.63) is 30.1 Å². The zero-order valence-corrected chi connectivity index (χ0v) is 6.26. The minimum Gasteiger partial charge on any atom is -0.265 e. The minimum atomic E-state index is 1.26. The Kier molecular flexibility index (Phi) is 4.79. The zero-order valence-electron chi connectivity index (χ0n) is 6.26. The molecule has 0 radical (unpaired) electrons. The molecule has 1 heteroatoms. The summed E-state index contributed by atoms with van der Waals surface area (Å²) >= 11 is 0. The van der Waals surface area contributed by atoms with Crippen LogP contribution < -0.4 is 0 Å². The summed E-state index contributed by atoms with van der Waals surface area (Å²) in [4.78, 5) is 3.85. The van der Waals surface area contributed by atoms with Gasteiger partial charge in [-0.1, -0.05) is 13.8 Å². The molecule has 0 aliphatic carbocycles. The van der Waals surface area contributed by atoms with E-state index < -0.39 is 0 Å². The van der Waals surface area contributed by atoms with Crippen LogP contribution in [0.5, 0.6) is 0 Å². The predicted molar refractivity (Wildman–Crippen MR) is 40.3 cm³/mol. The van der Waals surface area contributed by atoms with Crippen molar-refractivity contribution in [1.82, 2.24) is 4.98 Å². The fourth-order valence-corrected chi connectivity index (χ4v) is 0.426. The van der Waals surface area contributed by atoms with Crippen molar-refractivity contribution in [2.45, 2.75) is 20.8 Å². The van der Waals surface area contributed by atoms with Gasteiger partial charge in [-0.25, -0.2) is 0 Å². The van der Waals surface area contributed by atoms with Crippen LogP contribution in [0, 0.1) is 6.92 Å².